The lowest BCUT2D eigenvalue weighted by molar-refractivity contribution is 0.0696. The minimum absolute atomic E-state index is 0.0306. The zero-order valence-corrected chi connectivity index (χ0v) is 26.8. The molecule has 0 atom stereocenters. The van der Waals surface area contributed by atoms with E-state index in [-0.39, 0.29) is 37.3 Å². The molecule has 0 unspecified atom stereocenters. The molecule has 15 heteroatoms. The van der Waals surface area contributed by atoms with Crippen molar-refractivity contribution in [3.63, 3.8) is 0 Å². The average molecular weight is 685 g/mol. The lowest BCUT2D eigenvalue weighted by Gasteiger charge is -1.98. The van der Waals surface area contributed by atoms with Crippen LogP contribution in [0.25, 0.3) is 0 Å². The van der Waals surface area contributed by atoms with E-state index in [2.05, 4.69) is 19.9 Å². The number of carbonyl (C=O) groups excluding carboxylic acids is 2. The quantitative estimate of drug-likeness (QED) is 0.167. The Labute approximate surface area is 272 Å². The van der Waals surface area contributed by atoms with E-state index in [1.807, 2.05) is 26.8 Å². The number of hydrogen-bond acceptors (Lipinski definition) is 8. The second-order valence-corrected chi connectivity index (χ2v) is 10.2. The SMILES string of the molecule is Cc1cnc(Cl)c(C#N)c1.Cc1cnc(Cl)c(C(=O)Cl)c1.Cc1cnc(Cl)c(C(=O)O)c1.Cc1cnc(Cl)c(C(N)=O)c1. The fourth-order valence-electron chi connectivity index (χ4n) is 2.75. The summed E-state index contributed by atoms with van der Waals surface area (Å²) in [6, 6.07) is 8.34. The first-order valence-electron chi connectivity index (χ1n) is 11.7. The molecule has 4 heterocycles. The van der Waals surface area contributed by atoms with Crippen LogP contribution in [0, 0.1) is 39.0 Å². The monoisotopic (exact) mass is 682 g/mol. The van der Waals surface area contributed by atoms with Crippen LogP contribution in [0.2, 0.25) is 20.6 Å². The number of aromatic nitrogens is 4. The van der Waals surface area contributed by atoms with Crippen molar-refractivity contribution in [1.29, 1.82) is 5.26 Å². The third kappa shape index (κ3) is 12.9. The fraction of sp³-hybridized carbons (Fsp3) is 0.143. The molecule has 4 aromatic heterocycles. The summed E-state index contributed by atoms with van der Waals surface area (Å²) in [7, 11) is 0. The number of nitrogens with two attached hydrogens (primary N) is 1. The molecule has 1 amide bonds. The topological polar surface area (TPSA) is 173 Å². The van der Waals surface area contributed by atoms with Crippen LogP contribution in [0.15, 0.2) is 49.1 Å². The number of carbonyl (C=O) groups is 3. The molecule has 0 radical (unpaired) electrons. The number of amides is 1. The van der Waals surface area contributed by atoms with Gasteiger partial charge in [-0.15, -0.1) is 0 Å². The number of nitrogens with zero attached hydrogens (tertiary/aromatic N) is 5. The summed E-state index contributed by atoms with van der Waals surface area (Å²) < 4.78 is 0. The number of halogens is 5. The van der Waals surface area contributed by atoms with Crippen LogP contribution in [-0.2, 0) is 0 Å². The molecule has 0 saturated heterocycles. The van der Waals surface area contributed by atoms with E-state index in [1.165, 1.54) is 12.3 Å². The maximum Gasteiger partial charge on any atom is 0.338 e. The fourth-order valence-corrected chi connectivity index (χ4v) is 3.66. The molecule has 4 aromatic rings. The Kier molecular flexibility index (Phi) is 15.5. The van der Waals surface area contributed by atoms with Gasteiger partial charge in [0.2, 0.25) is 0 Å². The van der Waals surface area contributed by atoms with Gasteiger partial charge in [-0.25, -0.2) is 24.7 Å². The van der Waals surface area contributed by atoms with E-state index in [9.17, 15) is 14.4 Å². The minimum atomic E-state index is -1.05. The number of nitriles is 1. The highest BCUT2D eigenvalue weighted by Gasteiger charge is 2.09. The Balaban J connectivity index is 0.000000287. The zero-order valence-electron chi connectivity index (χ0n) is 23.0. The van der Waals surface area contributed by atoms with Crippen molar-refractivity contribution < 1.29 is 19.5 Å². The Hall–Kier alpha value is -3.85. The van der Waals surface area contributed by atoms with Crippen LogP contribution < -0.4 is 5.73 Å². The predicted octanol–water partition coefficient (Wildman–Crippen LogP) is 7.22. The van der Waals surface area contributed by atoms with Crippen molar-refractivity contribution in [2.24, 2.45) is 5.73 Å². The van der Waals surface area contributed by atoms with Crippen LogP contribution in [0.4, 0.5) is 0 Å². The zero-order chi connectivity index (χ0) is 32.9. The summed E-state index contributed by atoms with van der Waals surface area (Å²) >= 11 is 27.4. The molecule has 4 rings (SSSR count). The smallest absolute Gasteiger partial charge is 0.338 e. The molecule has 3 N–H and O–H groups in total. The largest absolute Gasteiger partial charge is 0.478 e. The van der Waals surface area contributed by atoms with Crippen molar-refractivity contribution in [3.8, 4) is 6.07 Å². The Morgan fingerprint density at radius 2 is 1.02 bits per heavy atom. The molecule has 0 aliphatic heterocycles. The number of carboxylic acids is 1. The molecule has 0 bridgehead atoms. The van der Waals surface area contributed by atoms with E-state index >= 15 is 0 Å². The first kappa shape index (κ1) is 37.2. The third-order valence-electron chi connectivity index (χ3n) is 4.73. The van der Waals surface area contributed by atoms with E-state index < -0.39 is 17.1 Å². The van der Waals surface area contributed by atoms with Crippen molar-refractivity contribution >= 4 is 75.1 Å². The van der Waals surface area contributed by atoms with Gasteiger partial charge in [0.05, 0.1) is 22.3 Å². The minimum Gasteiger partial charge on any atom is -0.478 e. The van der Waals surface area contributed by atoms with Crippen molar-refractivity contribution in [1.82, 2.24) is 19.9 Å². The molecule has 0 spiro atoms. The maximum atomic E-state index is 10.7. The number of pyridine rings is 4. The summed E-state index contributed by atoms with van der Waals surface area (Å²) in [5.41, 5.74) is 9.48. The van der Waals surface area contributed by atoms with Crippen molar-refractivity contribution in [2.45, 2.75) is 27.7 Å². The third-order valence-corrected chi connectivity index (χ3v) is 6.14. The van der Waals surface area contributed by atoms with Gasteiger partial charge in [0.15, 0.2) is 0 Å². The molecule has 0 aliphatic rings. The van der Waals surface area contributed by atoms with Gasteiger partial charge >= 0.3 is 5.97 Å². The number of hydrogen-bond donors (Lipinski definition) is 2. The number of rotatable bonds is 3. The van der Waals surface area contributed by atoms with Crippen LogP contribution in [0.3, 0.4) is 0 Å². The summed E-state index contributed by atoms with van der Waals surface area (Å²) in [5.74, 6) is -1.60. The second kappa shape index (κ2) is 18.0. The van der Waals surface area contributed by atoms with E-state index in [0.29, 0.717) is 5.56 Å². The van der Waals surface area contributed by atoms with Gasteiger partial charge < -0.3 is 10.8 Å². The Bertz CT molecular complexity index is 1530. The summed E-state index contributed by atoms with van der Waals surface area (Å²) in [6.07, 6.45) is 6.30. The number of carboxylic acid groups (broad SMARTS) is 1. The molecule has 0 saturated carbocycles. The normalized spacial score (nSPS) is 9.49. The standard InChI is InChI=1S/C7H5Cl2NO.C7H7ClN2O.C7H5ClN2.C7H6ClNO2/c2*1-4-2-5(7(9)11)6(8)10-3-4;1-5-2-6(3-9)7(8)10-4-5;1-4-2-5(7(10)11)6(8)9-3-4/h2-3H,1H3;2-3H,1H3,(H2,9,11);2,4H,1H3;2-3H,1H3,(H,10,11). The summed E-state index contributed by atoms with van der Waals surface area (Å²) in [6.45, 7) is 7.25. The lowest BCUT2D eigenvalue weighted by Crippen LogP contribution is -2.12. The molecule has 0 aliphatic carbocycles. The van der Waals surface area contributed by atoms with Crippen molar-refractivity contribution in [3.05, 3.63) is 114 Å². The van der Waals surface area contributed by atoms with E-state index in [1.54, 1.807) is 43.7 Å². The number of aryl methyl sites for hydroxylation is 4. The molecule has 10 nitrogen and oxygen atoms in total. The van der Waals surface area contributed by atoms with E-state index in [0.717, 1.165) is 22.3 Å². The Morgan fingerprint density at radius 3 is 1.33 bits per heavy atom. The van der Waals surface area contributed by atoms with Gasteiger partial charge in [0, 0.05) is 24.8 Å². The Morgan fingerprint density at radius 1 is 0.674 bits per heavy atom. The van der Waals surface area contributed by atoms with Gasteiger partial charge in [0.25, 0.3) is 11.1 Å². The molecule has 0 aromatic carbocycles. The molecule has 43 heavy (non-hydrogen) atoms. The maximum absolute atomic E-state index is 10.7. The number of primary amides is 1. The predicted molar refractivity (Wildman–Crippen MR) is 166 cm³/mol. The van der Waals surface area contributed by atoms with Gasteiger partial charge in [-0.3, -0.25) is 9.59 Å². The van der Waals surface area contributed by atoms with Gasteiger partial charge in [-0.05, 0) is 85.8 Å². The van der Waals surface area contributed by atoms with Crippen LogP contribution in [0.5, 0.6) is 0 Å². The van der Waals surface area contributed by atoms with Crippen LogP contribution in [0.1, 0.15) is 58.9 Å². The van der Waals surface area contributed by atoms with Gasteiger partial charge in [-0.2, -0.15) is 5.26 Å². The van der Waals surface area contributed by atoms with E-state index in [4.69, 9.17) is 74.1 Å². The average Bonchev–Trinajstić information content (AvgIpc) is 2.94. The summed E-state index contributed by atoms with van der Waals surface area (Å²) in [4.78, 5) is 46.8. The molecule has 0 fully saturated rings. The van der Waals surface area contributed by atoms with Gasteiger partial charge in [-0.1, -0.05) is 46.4 Å². The van der Waals surface area contributed by atoms with Crippen LogP contribution >= 0.6 is 58.0 Å². The molecular formula is C28H23Cl5N6O4. The van der Waals surface area contributed by atoms with Crippen LogP contribution in [-0.4, -0.2) is 42.2 Å². The molecular weight excluding hydrogens is 662 g/mol. The summed E-state index contributed by atoms with van der Waals surface area (Å²) in [5, 5.41) is 17.1. The van der Waals surface area contributed by atoms with Crippen molar-refractivity contribution in [2.75, 3.05) is 0 Å². The highest BCUT2D eigenvalue weighted by atomic mass is 35.5. The highest BCUT2D eigenvalue weighted by Crippen LogP contribution is 2.16. The first-order valence-corrected chi connectivity index (χ1v) is 13.6. The lowest BCUT2D eigenvalue weighted by atomic mass is 10.2. The van der Waals surface area contributed by atoms with Gasteiger partial charge in [0.1, 0.15) is 26.7 Å². The molecule has 224 valence electrons. The second-order valence-electron chi connectivity index (χ2n) is 8.46. The first-order chi connectivity index (χ1) is 20.1. The highest BCUT2D eigenvalue weighted by molar-refractivity contribution is 6.68. The number of aromatic carboxylic acids is 1.